The molecule has 0 heterocycles. The van der Waals surface area contributed by atoms with Gasteiger partial charge in [0.2, 0.25) is 0 Å². The van der Waals surface area contributed by atoms with Crippen LogP contribution in [0.5, 0.6) is 11.5 Å². The van der Waals surface area contributed by atoms with Crippen LogP contribution in [0, 0.1) is 0 Å². The Hall–Kier alpha value is -1.71. The molecule has 2 N–H and O–H groups in total. The number of aromatic hydroxyl groups is 2. The number of unbranched alkanes of at least 4 members (excludes halogenated alkanes) is 3. The van der Waals surface area contributed by atoms with Crippen molar-refractivity contribution in [3.63, 3.8) is 0 Å². The molecule has 0 amide bonds. The maximum Gasteiger partial charge on any atom is 0.158 e. The van der Waals surface area contributed by atoms with Gasteiger partial charge in [0.15, 0.2) is 11.5 Å². The standard InChI is InChI=1S/C14H21NO3/c1-3-4-5-6-7-12(15-18-2)11-8-9-13(16)14(17)10-11/h8-10,16-17H,3-7H2,1-2H3. The lowest BCUT2D eigenvalue weighted by Crippen LogP contribution is -2.01. The summed E-state index contributed by atoms with van der Waals surface area (Å²) in [5.41, 5.74) is 1.58. The Labute approximate surface area is 108 Å². The third-order valence-corrected chi connectivity index (χ3v) is 2.78. The van der Waals surface area contributed by atoms with Crippen LogP contribution in [0.2, 0.25) is 0 Å². The van der Waals surface area contributed by atoms with E-state index in [0.717, 1.165) is 30.5 Å². The van der Waals surface area contributed by atoms with Crippen LogP contribution in [0.25, 0.3) is 0 Å². The van der Waals surface area contributed by atoms with E-state index in [1.807, 2.05) is 0 Å². The van der Waals surface area contributed by atoms with Crippen molar-refractivity contribution in [1.29, 1.82) is 0 Å². The third kappa shape index (κ3) is 4.28. The molecule has 0 unspecified atom stereocenters. The molecular formula is C14H21NO3. The minimum Gasteiger partial charge on any atom is -0.504 e. The zero-order chi connectivity index (χ0) is 13.4. The van der Waals surface area contributed by atoms with Gasteiger partial charge in [-0.1, -0.05) is 31.3 Å². The predicted molar refractivity (Wildman–Crippen MR) is 72.1 cm³/mol. The quantitative estimate of drug-likeness (QED) is 0.338. The van der Waals surface area contributed by atoms with E-state index in [1.165, 1.54) is 32.1 Å². The number of phenolic OH excluding ortho intramolecular Hbond substituents is 2. The molecular weight excluding hydrogens is 230 g/mol. The number of rotatable bonds is 7. The molecule has 0 aliphatic rings. The van der Waals surface area contributed by atoms with Gasteiger partial charge < -0.3 is 15.1 Å². The summed E-state index contributed by atoms with van der Waals surface area (Å²) >= 11 is 0. The van der Waals surface area contributed by atoms with E-state index in [9.17, 15) is 10.2 Å². The molecule has 1 aromatic rings. The summed E-state index contributed by atoms with van der Waals surface area (Å²) in [6, 6.07) is 4.70. The molecule has 4 nitrogen and oxygen atoms in total. The highest BCUT2D eigenvalue weighted by atomic mass is 16.6. The van der Waals surface area contributed by atoms with Gasteiger partial charge in [0.05, 0.1) is 5.71 Å². The van der Waals surface area contributed by atoms with Crippen molar-refractivity contribution >= 4 is 5.71 Å². The van der Waals surface area contributed by atoms with Crippen molar-refractivity contribution in [3.05, 3.63) is 23.8 Å². The molecule has 0 spiro atoms. The van der Waals surface area contributed by atoms with Gasteiger partial charge in [-0.15, -0.1) is 0 Å². The molecule has 0 aliphatic carbocycles. The molecule has 0 radical (unpaired) electrons. The smallest absolute Gasteiger partial charge is 0.158 e. The van der Waals surface area contributed by atoms with E-state index in [0.29, 0.717) is 0 Å². The van der Waals surface area contributed by atoms with E-state index >= 15 is 0 Å². The monoisotopic (exact) mass is 251 g/mol. The number of hydrogen-bond acceptors (Lipinski definition) is 4. The summed E-state index contributed by atoms with van der Waals surface area (Å²) in [6.07, 6.45) is 5.40. The lowest BCUT2D eigenvalue weighted by molar-refractivity contribution is 0.212. The summed E-state index contributed by atoms with van der Waals surface area (Å²) in [6.45, 7) is 2.17. The lowest BCUT2D eigenvalue weighted by Gasteiger charge is -2.07. The van der Waals surface area contributed by atoms with Gasteiger partial charge in [0.1, 0.15) is 7.11 Å². The van der Waals surface area contributed by atoms with Gasteiger partial charge in [0.25, 0.3) is 0 Å². The SMILES string of the molecule is CCCCCCC(=NOC)c1ccc(O)c(O)c1. The van der Waals surface area contributed by atoms with E-state index in [-0.39, 0.29) is 11.5 Å². The van der Waals surface area contributed by atoms with Gasteiger partial charge in [0, 0.05) is 5.56 Å². The molecule has 0 atom stereocenters. The fourth-order valence-corrected chi connectivity index (χ4v) is 1.78. The molecule has 18 heavy (non-hydrogen) atoms. The first-order chi connectivity index (χ1) is 8.69. The molecule has 1 rings (SSSR count). The zero-order valence-corrected chi connectivity index (χ0v) is 11.0. The van der Waals surface area contributed by atoms with Crippen LogP contribution in [-0.2, 0) is 4.84 Å². The number of nitrogens with zero attached hydrogens (tertiary/aromatic N) is 1. The fourth-order valence-electron chi connectivity index (χ4n) is 1.78. The van der Waals surface area contributed by atoms with Crippen LogP contribution in [0.3, 0.4) is 0 Å². The molecule has 0 aromatic heterocycles. The molecule has 0 aliphatic heterocycles. The van der Waals surface area contributed by atoms with Crippen LogP contribution < -0.4 is 0 Å². The highest BCUT2D eigenvalue weighted by molar-refractivity contribution is 6.00. The Bertz CT molecular complexity index is 402. The van der Waals surface area contributed by atoms with E-state index in [2.05, 4.69) is 12.1 Å². The van der Waals surface area contributed by atoms with Crippen LogP contribution >= 0.6 is 0 Å². The molecule has 0 bridgehead atoms. The summed E-state index contributed by atoms with van der Waals surface area (Å²) in [7, 11) is 1.51. The third-order valence-electron chi connectivity index (χ3n) is 2.78. The van der Waals surface area contributed by atoms with Crippen LogP contribution in [0.1, 0.15) is 44.6 Å². The van der Waals surface area contributed by atoms with Crippen molar-refractivity contribution in [2.24, 2.45) is 5.16 Å². The molecule has 0 saturated carbocycles. The fraction of sp³-hybridized carbons (Fsp3) is 0.500. The average Bonchev–Trinajstić information content (AvgIpc) is 2.37. The van der Waals surface area contributed by atoms with Crippen LogP contribution in [0.15, 0.2) is 23.4 Å². The second-order valence-electron chi connectivity index (χ2n) is 4.23. The maximum absolute atomic E-state index is 9.48. The Morgan fingerprint density at radius 1 is 1.17 bits per heavy atom. The van der Waals surface area contributed by atoms with Crippen molar-refractivity contribution < 1.29 is 15.1 Å². The van der Waals surface area contributed by atoms with Gasteiger partial charge >= 0.3 is 0 Å². The molecule has 1 aromatic carbocycles. The maximum atomic E-state index is 9.48. The van der Waals surface area contributed by atoms with Crippen molar-refractivity contribution in [3.8, 4) is 11.5 Å². The molecule has 0 saturated heterocycles. The first-order valence-corrected chi connectivity index (χ1v) is 6.31. The van der Waals surface area contributed by atoms with Gasteiger partial charge in [-0.2, -0.15) is 0 Å². The largest absolute Gasteiger partial charge is 0.504 e. The van der Waals surface area contributed by atoms with Crippen molar-refractivity contribution in [1.82, 2.24) is 0 Å². The van der Waals surface area contributed by atoms with Crippen LogP contribution in [-0.4, -0.2) is 23.0 Å². The molecule has 0 fully saturated rings. The van der Waals surface area contributed by atoms with Gasteiger partial charge in [-0.25, -0.2) is 0 Å². The minimum atomic E-state index is -0.134. The second-order valence-corrected chi connectivity index (χ2v) is 4.23. The number of hydrogen-bond donors (Lipinski definition) is 2. The highest BCUT2D eigenvalue weighted by Crippen LogP contribution is 2.26. The second kappa shape index (κ2) is 7.58. The Morgan fingerprint density at radius 3 is 2.56 bits per heavy atom. The first kappa shape index (κ1) is 14.4. The summed E-state index contributed by atoms with van der Waals surface area (Å²) < 4.78 is 0. The topological polar surface area (TPSA) is 62.0 Å². The summed E-state index contributed by atoms with van der Waals surface area (Å²) in [5.74, 6) is -0.258. The Kier molecular flexibility index (Phi) is 6.05. The normalized spacial score (nSPS) is 11.6. The number of phenols is 2. The lowest BCUT2D eigenvalue weighted by atomic mass is 10.0. The zero-order valence-electron chi connectivity index (χ0n) is 11.0. The average molecular weight is 251 g/mol. The molecule has 4 heteroatoms. The van der Waals surface area contributed by atoms with Gasteiger partial charge in [-0.3, -0.25) is 0 Å². The highest BCUT2D eigenvalue weighted by Gasteiger charge is 2.08. The van der Waals surface area contributed by atoms with Crippen LogP contribution in [0.4, 0.5) is 0 Å². The Balaban J connectivity index is 2.72. The Morgan fingerprint density at radius 2 is 1.94 bits per heavy atom. The predicted octanol–water partition coefficient (Wildman–Crippen LogP) is 3.42. The summed E-state index contributed by atoms with van der Waals surface area (Å²) in [4.78, 5) is 4.83. The van der Waals surface area contributed by atoms with Crippen molar-refractivity contribution in [2.75, 3.05) is 7.11 Å². The van der Waals surface area contributed by atoms with Gasteiger partial charge in [-0.05, 0) is 31.0 Å². The summed E-state index contributed by atoms with van der Waals surface area (Å²) in [5, 5.41) is 22.7. The number of benzene rings is 1. The van der Waals surface area contributed by atoms with E-state index in [4.69, 9.17) is 4.84 Å². The molecule has 100 valence electrons. The minimum absolute atomic E-state index is 0.124. The van der Waals surface area contributed by atoms with E-state index in [1.54, 1.807) is 6.07 Å². The van der Waals surface area contributed by atoms with E-state index < -0.39 is 0 Å². The first-order valence-electron chi connectivity index (χ1n) is 6.31. The number of oxime groups is 1. The van der Waals surface area contributed by atoms with Crippen molar-refractivity contribution in [2.45, 2.75) is 39.0 Å².